The van der Waals surface area contributed by atoms with E-state index in [1.807, 2.05) is 0 Å². The highest BCUT2D eigenvalue weighted by Crippen LogP contribution is 2.48. The Balaban J connectivity index is 1.92. The van der Waals surface area contributed by atoms with Crippen LogP contribution in [-0.2, 0) is 0 Å². The molecule has 1 aromatic rings. The quantitative estimate of drug-likeness (QED) is 0.567. The van der Waals surface area contributed by atoms with Gasteiger partial charge in [-0.3, -0.25) is 0 Å². The van der Waals surface area contributed by atoms with Crippen molar-refractivity contribution < 1.29 is 0 Å². The second-order valence-electron chi connectivity index (χ2n) is 4.30. The first kappa shape index (κ1) is 7.37. The summed E-state index contributed by atoms with van der Waals surface area (Å²) in [5, 5.41) is 0. The van der Waals surface area contributed by atoms with Gasteiger partial charge in [0.2, 0.25) is 0 Å². The molecular weight excluding hydrogens is 156 g/mol. The van der Waals surface area contributed by atoms with Crippen LogP contribution in [0.3, 0.4) is 0 Å². The van der Waals surface area contributed by atoms with Gasteiger partial charge in [-0.1, -0.05) is 42.5 Å². The Hall–Kier alpha value is -1.04. The van der Waals surface area contributed by atoms with Crippen LogP contribution in [0.1, 0.15) is 24.3 Å². The fourth-order valence-corrected chi connectivity index (χ4v) is 2.86. The number of allylic oxidation sites excluding steroid dienone is 2. The molecular formula is C13H14. The van der Waals surface area contributed by atoms with Gasteiger partial charge in [-0.25, -0.2) is 0 Å². The second-order valence-corrected chi connectivity index (χ2v) is 4.30. The van der Waals surface area contributed by atoms with Crippen LogP contribution in [-0.4, -0.2) is 0 Å². The minimum absolute atomic E-state index is 0.816. The van der Waals surface area contributed by atoms with E-state index in [9.17, 15) is 0 Å². The van der Waals surface area contributed by atoms with Crippen molar-refractivity contribution in [1.82, 2.24) is 0 Å². The molecule has 1 aromatic carbocycles. The number of benzene rings is 1. The average molecular weight is 170 g/mol. The Morgan fingerprint density at radius 2 is 1.77 bits per heavy atom. The summed E-state index contributed by atoms with van der Waals surface area (Å²) >= 11 is 0. The molecule has 0 heteroatoms. The van der Waals surface area contributed by atoms with Crippen molar-refractivity contribution in [1.29, 1.82) is 0 Å². The van der Waals surface area contributed by atoms with Gasteiger partial charge in [-0.15, -0.1) is 0 Å². The van der Waals surface area contributed by atoms with Gasteiger partial charge in [0.15, 0.2) is 0 Å². The van der Waals surface area contributed by atoms with Gasteiger partial charge in [0, 0.05) is 0 Å². The van der Waals surface area contributed by atoms with Crippen molar-refractivity contribution in [3.05, 3.63) is 48.0 Å². The van der Waals surface area contributed by atoms with Crippen molar-refractivity contribution in [2.45, 2.75) is 18.8 Å². The maximum atomic E-state index is 2.42. The highest BCUT2D eigenvalue weighted by Gasteiger charge is 2.35. The molecule has 0 saturated heterocycles. The lowest BCUT2D eigenvalue weighted by molar-refractivity contribution is 0.585. The van der Waals surface area contributed by atoms with Gasteiger partial charge >= 0.3 is 0 Å². The van der Waals surface area contributed by atoms with Crippen LogP contribution in [0.4, 0.5) is 0 Å². The molecule has 0 radical (unpaired) electrons. The van der Waals surface area contributed by atoms with Crippen LogP contribution in [0.2, 0.25) is 0 Å². The summed E-state index contributed by atoms with van der Waals surface area (Å²) in [6.45, 7) is 0. The lowest BCUT2D eigenvalue weighted by Gasteiger charge is -2.17. The summed E-state index contributed by atoms with van der Waals surface area (Å²) in [6, 6.07) is 11.0. The van der Waals surface area contributed by atoms with Crippen molar-refractivity contribution >= 4 is 0 Å². The van der Waals surface area contributed by atoms with Crippen LogP contribution in [0.5, 0.6) is 0 Å². The average Bonchev–Trinajstić information content (AvgIpc) is 2.80. The highest BCUT2D eigenvalue weighted by atomic mass is 14.4. The van der Waals surface area contributed by atoms with Gasteiger partial charge in [-0.05, 0) is 36.2 Å². The Kier molecular flexibility index (Phi) is 1.55. The normalized spacial score (nSPS) is 35.5. The third-order valence-electron chi connectivity index (χ3n) is 3.51. The predicted molar refractivity (Wildman–Crippen MR) is 54.5 cm³/mol. The van der Waals surface area contributed by atoms with E-state index in [1.54, 1.807) is 5.56 Å². The van der Waals surface area contributed by atoms with E-state index in [2.05, 4.69) is 42.5 Å². The van der Waals surface area contributed by atoms with Crippen LogP contribution in [0.15, 0.2) is 42.5 Å². The largest absolute Gasteiger partial charge is 0.0851 e. The molecule has 0 aliphatic heterocycles. The first-order valence-corrected chi connectivity index (χ1v) is 5.17. The summed E-state index contributed by atoms with van der Waals surface area (Å²) < 4.78 is 0. The Morgan fingerprint density at radius 3 is 2.38 bits per heavy atom. The van der Waals surface area contributed by atoms with Crippen molar-refractivity contribution in [2.75, 3.05) is 0 Å². The van der Waals surface area contributed by atoms with E-state index in [1.165, 1.54) is 12.8 Å². The molecule has 2 aliphatic carbocycles. The Labute approximate surface area is 79.3 Å². The van der Waals surface area contributed by atoms with E-state index in [-0.39, 0.29) is 0 Å². The zero-order valence-corrected chi connectivity index (χ0v) is 7.69. The molecule has 1 unspecified atom stereocenters. The zero-order valence-electron chi connectivity index (χ0n) is 7.69. The fourth-order valence-electron chi connectivity index (χ4n) is 2.86. The molecule has 0 nitrogen and oxygen atoms in total. The standard InChI is InChI=1S/C13H14/c1-2-4-11(5-3-1)13-9-10-6-7-12(13)8-10/h1-7,10,12-13H,8-9H2/t10-,12+,13?/m1/s1. The van der Waals surface area contributed by atoms with Gasteiger partial charge in [0.05, 0.1) is 0 Å². The maximum absolute atomic E-state index is 2.42. The third-order valence-corrected chi connectivity index (χ3v) is 3.51. The molecule has 0 aromatic heterocycles. The molecule has 0 heterocycles. The minimum atomic E-state index is 0.816. The number of rotatable bonds is 1. The minimum Gasteiger partial charge on any atom is -0.0851 e. The maximum Gasteiger partial charge on any atom is -0.00932 e. The van der Waals surface area contributed by atoms with Gasteiger partial charge < -0.3 is 0 Å². The number of hydrogen-bond donors (Lipinski definition) is 0. The topological polar surface area (TPSA) is 0 Å². The molecule has 2 bridgehead atoms. The van der Waals surface area contributed by atoms with Crippen molar-refractivity contribution in [3.8, 4) is 0 Å². The van der Waals surface area contributed by atoms with Gasteiger partial charge in [0.1, 0.15) is 0 Å². The summed E-state index contributed by atoms with van der Waals surface area (Å²) in [4.78, 5) is 0. The van der Waals surface area contributed by atoms with E-state index >= 15 is 0 Å². The molecule has 0 spiro atoms. The van der Waals surface area contributed by atoms with Crippen LogP contribution in [0, 0.1) is 11.8 Å². The molecule has 13 heavy (non-hydrogen) atoms. The van der Waals surface area contributed by atoms with E-state index in [0.717, 1.165) is 17.8 Å². The lowest BCUT2D eigenvalue weighted by Crippen LogP contribution is -2.04. The molecule has 3 atom stereocenters. The van der Waals surface area contributed by atoms with Crippen molar-refractivity contribution in [3.63, 3.8) is 0 Å². The van der Waals surface area contributed by atoms with Crippen LogP contribution < -0.4 is 0 Å². The Bertz CT molecular complexity index is 323. The summed E-state index contributed by atoms with van der Waals surface area (Å²) in [6.07, 6.45) is 7.61. The zero-order chi connectivity index (χ0) is 8.67. The second kappa shape index (κ2) is 2.73. The summed E-state index contributed by atoms with van der Waals surface area (Å²) in [5.74, 6) is 2.54. The smallest absolute Gasteiger partial charge is 0.00932 e. The SMILES string of the molecule is C1=C[C@H]2C[C@@H]1CC2c1ccccc1. The molecule has 2 aliphatic rings. The van der Waals surface area contributed by atoms with Crippen LogP contribution >= 0.6 is 0 Å². The predicted octanol–water partition coefficient (Wildman–Crippen LogP) is 3.37. The van der Waals surface area contributed by atoms with Crippen LogP contribution in [0.25, 0.3) is 0 Å². The number of hydrogen-bond acceptors (Lipinski definition) is 0. The molecule has 1 saturated carbocycles. The molecule has 66 valence electrons. The van der Waals surface area contributed by atoms with E-state index < -0.39 is 0 Å². The first-order chi connectivity index (χ1) is 6.43. The van der Waals surface area contributed by atoms with Gasteiger partial charge in [-0.2, -0.15) is 0 Å². The first-order valence-electron chi connectivity index (χ1n) is 5.17. The fraction of sp³-hybridized carbons (Fsp3) is 0.385. The van der Waals surface area contributed by atoms with Crippen molar-refractivity contribution in [2.24, 2.45) is 11.8 Å². The van der Waals surface area contributed by atoms with E-state index in [0.29, 0.717) is 0 Å². The van der Waals surface area contributed by atoms with Gasteiger partial charge in [0.25, 0.3) is 0 Å². The monoisotopic (exact) mass is 170 g/mol. The molecule has 1 fully saturated rings. The lowest BCUT2D eigenvalue weighted by atomic mass is 9.87. The molecule has 0 amide bonds. The van der Waals surface area contributed by atoms with E-state index in [4.69, 9.17) is 0 Å². The molecule has 0 N–H and O–H groups in total. The Morgan fingerprint density at radius 1 is 0.923 bits per heavy atom. The summed E-state index contributed by atoms with van der Waals surface area (Å²) in [5.41, 5.74) is 1.54. The summed E-state index contributed by atoms with van der Waals surface area (Å²) in [7, 11) is 0. The highest BCUT2D eigenvalue weighted by molar-refractivity contribution is 5.27. The molecule has 3 rings (SSSR count). The third kappa shape index (κ3) is 1.13. The number of fused-ring (bicyclic) bond motifs is 2.